The molecule has 0 unspecified atom stereocenters. The van der Waals surface area contributed by atoms with Gasteiger partial charge in [-0.2, -0.15) is 0 Å². The first-order chi connectivity index (χ1) is 16.0. The summed E-state index contributed by atoms with van der Waals surface area (Å²) < 4.78 is 4.85. The summed E-state index contributed by atoms with van der Waals surface area (Å²) in [5.74, 6) is -0.0201. The van der Waals surface area contributed by atoms with E-state index in [1.807, 2.05) is 11.4 Å². The van der Waals surface area contributed by atoms with E-state index in [1.54, 1.807) is 11.3 Å². The number of carbonyl (C=O) groups excluding carboxylic acids is 2. The molecule has 5 rings (SSSR count). The predicted octanol–water partition coefficient (Wildman–Crippen LogP) is 5.78. The molecule has 2 saturated carbocycles. The van der Waals surface area contributed by atoms with Gasteiger partial charge in [-0.15, -0.1) is 11.3 Å². The SMILES string of the molecule is COC(=O)C1CC2(CC(NC(=O)c3csc(C)c3Cc3ccc(-c4ccccc4)cc3)C2)C1. The molecule has 5 heteroatoms. The molecule has 0 bridgehead atoms. The van der Waals surface area contributed by atoms with Crippen molar-refractivity contribution in [3.63, 3.8) is 0 Å². The number of esters is 1. The molecule has 0 atom stereocenters. The smallest absolute Gasteiger partial charge is 0.308 e. The lowest BCUT2D eigenvalue weighted by Crippen LogP contribution is -2.57. The Kier molecular flexibility index (Phi) is 5.83. The Morgan fingerprint density at radius 2 is 1.67 bits per heavy atom. The Morgan fingerprint density at radius 3 is 2.33 bits per heavy atom. The van der Waals surface area contributed by atoms with E-state index < -0.39 is 0 Å². The number of thiophene rings is 1. The third kappa shape index (κ3) is 4.34. The van der Waals surface area contributed by atoms with Gasteiger partial charge in [0.1, 0.15) is 0 Å². The highest BCUT2D eigenvalue weighted by Gasteiger charge is 2.55. The predicted molar refractivity (Wildman–Crippen MR) is 131 cm³/mol. The van der Waals surface area contributed by atoms with Crippen LogP contribution in [0, 0.1) is 18.3 Å². The molecule has 2 aliphatic carbocycles. The summed E-state index contributed by atoms with van der Waals surface area (Å²) in [5, 5.41) is 5.23. The van der Waals surface area contributed by atoms with E-state index in [0.29, 0.717) is 0 Å². The van der Waals surface area contributed by atoms with Gasteiger partial charge in [0.15, 0.2) is 0 Å². The number of methoxy groups -OCH3 is 1. The van der Waals surface area contributed by atoms with Gasteiger partial charge in [0.05, 0.1) is 18.6 Å². The van der Waals surface area contributed by atoms with Gasteiger partial charge in [0, 0.05) is 16.3 Å². The molecule has 0 radical (unpaired) electrons. The molecule has 2 fully saturated rings. The topological polar surface area (TPSA) is 55.4 Å². The van der Waals surface area contributed by atoms with Crippen molar-refractivity contribution in [1.29, 1.82) is 0 Å². The summed E-state index contributed by atoms with van der Waals surface area (Å²) in [5.41, 5.74) is 5.77. The number of hydrogen-bond donors (Lipinski definition) is 1. The lowest BCUT2D eigenvalue weighted by Gasteiger charge is -2.56. The number of ether oxygens (including phenoxy) is 1. The first-order valence-electron chi connectivity index (χ1n) is 11.6. The van der Waals surface area contributed by atoms with Crippen LogP contribution in [0.2, 0.25) is 0 Å². The Balaban J connectivity index is 1.20. The summed E-state index contributed by atoms with van der Waals surface area (Å²) in [6, 6.07) is 19.2. The van der Waals surface area contributed by atoms with Crippen molar-refractivity contribution < 1.29 is 14.3 Å². The Bertz CT molecular complexity index is 1150. The van der Waals surface area contributed by atoms with Crippen molar-refractivity contribution >= 4 is 23.2 Å². The van der Waals surface area contributed by atoms with Crippen LogP contribution in [0.4, 0.5) is 0 Å². The van der Waals surface area contributed by atoms with E-state index in [1.165, 1.54) is 28.7 Å². The number of aryl methyl sites for hydroxylation is 1. The normalized spacial score (nSPS) is 23.5. The standard InChI is InChI=1S/C28H29NO3S/c1-18-24(12-19-8-10-21(11-9-19)20-6-4-3-5-7-20)25(17-33-18)26(30)29-23-15-28(16-23)13-22(14-28)27(31)32-2/h3-11,17,22-23H,12-16H2,1-2H3,(H,29,30). The highest BCUT2D eigenvalue weighted by atomic mass is 32.1. The van der Waals surface area contributed by atoms with Crippen LogP contribution in [0.25, 0.3) is 11.1 Å². The second-order valence-electron chi connectivity index (χ2n) is 9.63. The third-order valence-corrected chi connectivity index (χ3v) is 8.33. The van der Waals surface area contributed by atoms with Crippen molar-refractivity contribution in [1.82, 2.24) is 5.32 Å². The highest BCUT2D eigenvalue weighted by molar-refractivity contribution is 7.10. The molecule has 4 nitrogen and oxygen atoms in total. The average Bonchev–Trinajstić information content (AvgIpc) is 3.15. The first-order valence-corrected chi connectivity index (χ1v) is 12.4. The number of hydrogen-bond acceptors (Lipinski definition) is 4. The Hall–Kier alpha value is -2.92. The van der Waals surface area contributed by atoms with Gasteiger partial charge in [-0.1, -0.05) is 54.6 Å². The van der Waals surface area contributed by atoms with Gasteiger partial charge in [-0.25, -0.2) is 0 Å². The van der Waals surface area contributed by atoms with Gasteiger partial charge in [-0.3, -0.25) is 9.59 Å². The maximum absolute atomic E-state index is 13.1. The molecule has 1 aromatic heterocycles. The highest BCUT2D eigenvalue weighted by Crippen LogP contribution is 2.59. The van der Waals surface area contributed by atoms with Crippen LogP contribution in [0.3, 0.4) is 0 Å². The zero-order valence-electron chi connectivity index (χ0n) is 19.1. The zero-order chi connectivity index (χ0) is 23.0. The van der Waals surface area contributed by atoms with E-state index in [2.05, 4.69) is 60.8 Å². The minimum absolute atomic E-state index is 0.0268. The molecule has 1 amide bonds. The van der Waals surface area contributed by atoms with Crippen LogP contribution in [0.5, 0.6) is 0 Å². The van der Waals surface area contributed by atoms with Crippen LogP contribution in [0.15, 0.2) is 60.0 Å². The number of rotatable bonds is 6. The summed E-state index contributed by atoms with van der Waals surface area (Å²) in [4.78, 5) is 25.9. The average molecular weight is 460 g/mol. The van der Waals surface area contributed by atoms with E-state index in [4.69, 9.17) is 4.74 Å². The molecular weight excluding hydrogens is 430 g/mol. The van der Waals surface area contributed by atoms with E-state index in [0.717, 1.165) is 43.2 Å². The number of nitrogens with one attached hydrogen (secondary N) is 1. The largest absolute Gasteiger partial charge is 0.469 e. The van der Waals surface area contributed by atoms with E-state index >= 15 is 0 Å². The van der Waals surface area contributed by atoms with Crippen molar-refractivity contribution in [2.45, 2.75) is 45.1 Å². The number of amides is 1. The summed E-state index contributed by atoms with van der Waals surface area (Å²) in [7, 11) is 1.45. The molecule has 0 aliphatic heterocycles. The second-order valence-corrected chi connectivity index (χ2v) is 10.7. The van der Waals surface area contributed by atoms with Gasteiger partial charge in [-0.05, 0) is 66.7 Å². The Labute approximate surface area is 199 Å². The monoisotopic (exact) mass is 459 g/mol. The molecule has 1 spiro atoms. The molecule has 1 heterocycles. The summed E-state index contributed by atoms with van der Waals surface area (Å²) >= 11 is 1.64. The van der Waals surface area contributed by atoms with Crippen molar-refractivity contribution in [2.24, 2.45) is 11.3 Å². The van der Waals surface area contributed by atoms with Crippen LogP contribution < -0.4 is 5.32 Å². The molecular formula is C28H29NO3S. The van der Waals surface area contributed by atoms with Crippen LogP contribution in [-0.2, 0) is 16.0 Å². The number of benzene rings is 2. The minimum atomic E-state index is -0.0942. The fourth-order valence-corrected chi connectivity index (χ4v) is 6.41. The fraction of sp³-hybridized carbons (Fsp3) is 0.357. The zero-order valence-corrected chi connectivity index (χ0v) is 19.9. The van der Waals surface area contributed by atoms with Gasteiger partial charge < -0.3 is 10.1 Å². The van der Waals surface area contributed by atoms with Crippen LogP contribution in [-0.4, -0.2) is 25.0 Å². The third-order valence-electron chi connectivity index (χ3n) is 7.38. The maximum atomic E-state index is 13.1. The summed E-state index contributed by atoms with van der Waals surface area (Å²) in [6.45, 7) is 2.09. The van der Waals surface area contributed by atoms with Gasteiger partial charge in [0.2, 0.25) is 0 Å². The van der Waals surface area contributed by atoms with Gasteiger partial charge in [0.25, 0.3) is 5.91 Å². The first kappa shape index (κ1) is 21.9. The summed E-state index contributed by atoms with van der Waals surface area (Å²) in [6.07, 6.45) is 4.47. The van der Waals surface area contributed by atoms with Crippen LogP contribution in [0.1, 0.15) is 52.0 Å². The maximum Gasteiger partial charge on any atom is 0.308 e. The Morgan fingerprint density at radius 1 is 1.00 bits per heavy atom. The van der Waals surface area contributed by atoms with E-state index in [-0.39, 0.29) is 29.3 Å². The van der Waals surface area contributed by atoms with Crippen molar-refractivity contribution in [3.8, 4) is 11.1 Å². The molecule has 33 heavy (non-hydrogen) atoms. The van der Waals surface area contributed by atoms with Crippen molar-refractivity contribution in [2.75, 3.05) is 7.11 Å². The van der Waals surface area contributed by atoms with E-state index in [9.17, 15) is 9.59 Å². The van der Waals surface area contributed by atoms with Crippen LogP contribution >= 0.6 is 11.3 Å². The molecule has 1 N–H and O–H groups in total. The molecule has 170 valence electrons. The van der Waals surface area contributed by atoms with Gasteiger partial charge >= 0.3 is 5.97 Å². The molecule has 3 aromatic rings. The number of carbonyl (C=O) groups is 2. The fourth-order valence-electron chi connectivity index (χ4n) is 5.54. The molecule has 2 aliphatic rings. The van der Waals surface area contributed by atoms with Crippen molar-refractivity contribution in [3.05, 3.63) is 81.5 Å². The lowest BCUT2D eigenvalue weighted by molar-refractivity contribution is -0.159. The quantitative estimate of drug-likeness (QED) is 0.476. The lowest BCUT2D eigenvalue weighted by atomic mass is 9.50. The minimum Gasteiger partial charge on any atom is -0.469 e. The molecule has 2 aromatic carbocycles. The molecule has 0 saturated heterocycles. The second kappa shape index (κ2) is 8.79.